The predicted octanol–water partition coefficient (Wildman–Crippen LogP) is 3.44. The van der Waals surface area contributed by atoms with Crippen LogP contribution in [0.15, 0.2) is 47.7 Å². The highest BCUT2D eigenvalue weighted by Gasteiger charge is 2.05. The van der Waals surface area contributed by atoms with Gasteiger partial charge in [-0.25, -0.2) is 18.8 Å². The van der Waals surface area contributed by atoms with Crippen molar-refractivity contribution >= 4 is 28.2 Å². The lowest BCUT2D eigenvalue weighted by molar-refractivity contribution is 0.194. The van der Waals surface area contributed by atoms with Crippen LogP contribution in [0.5, 0.6) is 0 Å². The number of halogens is 3. The highest BCUT2D eigenvalue weighted by atomic mass is 35.5. The van der Waals surface area contributed by atoms with E-state index in [2.05, 4.69) is 9.98 Å². The Balaban J connectivity index is 2.28. The number of hydrogen-bond acceptors (Lipinski definition) is 3. The lowest BCUT2D eigenvalue weighted by Gasteiger charge is -2.03. The maximum absolute atomic E-state index is 13.4. The molecule has 106 valence electrons. The molecule has 4 nitrogen and oxygen atoms in total. The molecule has 21 heavy (non-hydrogen) atoms. The van der Waals surface area contributed by atoms with Crippen LogP contribution in [0.4, 0.5) is 14.5 Å². The minimum Gasteiger partial charge on any atom is -0.427 e. The monoisotopic (exact) mass is 307 g/mol. The molecule has 0 aliphatic heterocycles. The van der Waals surface area contributed by atoms with Gasteiger partial charge in [0.2, 0.25) is 0 Å². The van der Waals surface area contributed by atoms with Crippen molar-refractivity contribution in [3.63, 3.8) is 0 Å². The van der Waals surface area contributed by atoms with Gasteiger partial charge in [0.15, 0.2) is 5.49 Å². The fourth-order valence-corrected chi connectivity index (χ4v) is 2.07. The molecule has 1 N–H and O–H groups in total. The number of aromatic nitrogens is 2. The third kappa shape index (κ3) is 2.57. The summed E-state index contributed by atoms with van der Waals surface area (Å²) >= 11 is 5.69. The summed E-state index contributed by atoms with van der Waals surface area (Å²) in [6.45, 7) is 0. The standard InChI is InChI=1S/C14H8ClF2N3O/c15-11-6-9(2-3-12(11)17)19-14-10-5-8(16)1-4-13(10)20(21)7-18-14/h1-7,21H. The summed E-state index contributed by atoms with van der Waals surface area (Å²) in [7, 11) is 0. The number of fused-ring (bicyclic) bond motifs is 1. The van der Waals surface area contributed by atoms with E-state index in [4.69, 9.17) is 11.6 Å². The third-order valence-corrected chi connectivity index (χ3v) is 3.16. The van der Waals surface area contributed by atoms with Gasteiger partial charge in [0.25, 0.3) is 0 Å². The average Bonchev–Trinajstić information content (AvgIpc) is 2.46. The Hall–Kier alpha value is -2.47. The lowest BCUT2D eigenvalue weighted by Crippen LogP contribution is -2.12. The summed E-state index contributed by atoms with van der Waals surface area (Å²) in [6, 6.07) is 7.77. The Kier molecular flexibility index (Phi) is 3.31. The molecule has 1 heterocycles. The molecule has 0 unspecified atom stereocenters. The Morgan fingerprint density at radius 3 is 2.71 bits per heavy atom. The van der Waals surface area contributed by atoms with E-state index in [-0.39, 0.29) is 10.5 Å². The third-order valence-electron chi connectivity index (χ3n) is 2.87. The van der Waals surface area contributed by atoms with Crippen molar-refractivity contribution in [2.24, 2.45) is 4.99 Å². The van der Waals surface area contributed by atoms with Gasteiger partial charge in [-0.05, 0) is 36.4 Å². The van der Waals surface area contributed by atoms with Gasteiger partial charge in [-0.2, -0.15) is 4.73 Å². The number of hydrogen-bond donors (Lipinski definition) is 1. The van der Waals surface area contributed by atoms with E-state index >= 15 is 0 Å². The lowest BCUT2D eigenvalue weighted by atomic mass is 10.2. The van der Waals surface area contributed by atoms with Gasteiger partial charge in [0.1, 0.15) is 18.0 Å². The molecule has 3 rings (SSSR count). The molecule has 0 atom stereocenters. The highest BCUT2D eigenvalue weighted by molar-refractivity contribution is 6.31. The Labute approximate surface area is 122 Å². The predicted molar refractivity (Wildman–Crippen MR) is 73.5 cm³/mol. The van der Waals surface area contributed by atoms with Gasteiger partial charge in [-0.3, -0.25) is 0 Å². The van der Waals surface area contributed by atoms with Crippen LogP contribution < -0.4 is 5.49 Å². The zero-order valence-electron chi connectivity index (χ0n) is 10.5. The normalized spacial score (nSPS) is 12.0. The summed E-state index contributed by atoms with van der Waals surface area (Å²) < 4.78 is 27.3. The highest BCUT2D eigenvalue weighted by Crippen LogP contribution is 2.21. The minimum atomic E-state index is -0.555. The van der Waals surface area contributed by atoms with E-state index in [0.29, 0.717) is 16.6 Å². The molecule has 7 heteroatoms. The second-order valence-electron chi connectivity index (χ2n) is 4.28. The maximum Gasteiger partial charge on any atom is 0.163 e. The molecule has 0 saturated carbocycles. The van der Waals surface area contributed by atoms with Crippen molar-refractivity contribution < 1.29 is 14.0 Å². The quantitative estimate of drug-likeness (QED) is 0.700. The molecule has 0 saturated heterocycles. The van der Waals surface area contributed by atoms with Crippen molar-refractivity contribution in [3.8, 4) is 0 Å². The molecule has 0 radical (unpaired) electrons. The van der Waals surface area contributed by atoms with E-state index < -0.39 is 11.6 Å². The SMILES string of the molecule is On1cnc(=Nc2ccc(F)c(Cl)c2)c2cc(F)ccc21. The zero-order valence-corrected chi connectivity index (χ0v) is 11.2. The summed E-state index contributed by atoms with van der Waals surface area (Å²) in [5.41, 5.74) is 0.908. The minimum absolute atomic E-state index is 0.0695. The molecule has 0 aliphatic rings. The first-order chi connectivity index (χ1) is 10.0. The van der Waals surface area contributed by atoms with Crippen molar-refractivity contribution in [2.75, 3.05) is 0 Å². The van der Waals surface area contributed by atoms with Crippen LogP contribution in [-0.2, 0) is 0 Å². The van der Waals surface area contributed by atoms with Crippen LogP contribution in [-0.4, -0.2) is 14.9 Å². The fraction of sp³-hybridized carbons (Fsp3) is 0. The van der Waals surface area contributed by atoms with Crippen molar-refractivity contribution in [1.82, 2.24) is 9.71 Å². The van der Waals surface area contributed by atoms with Crippen LogP contribution in [0.25, 0.3) is 10.9 Å². The van der Waals surface area contributed by atoms with E-state index in [0.717, 1.165) is 11.1 Å². The van der Waals surface area contributed by atoms with E-state index in [1.165, 1.54) is 36.4 Å². The second-order valence-corrected chi connectivity index (χ2v) is 4.69. The molecule has 0 amide bonds. The first kappa shape index (κ1) is 13.5. The molecule has 0 spiro atoms. The van der Waals surface area contributed by atoms with Crippen LogP contribution in [0.1, 0.15) is 0 Å². The average molecular weight is 308 g/mol. The molecular formula is C14H8ClF2N3O. The van der Waals surface area contributed by atoms with E-state index in [1.54, 1.807) is 0 Å². The Bertz CT molecular complexity index is 908. The summed E-state index contributed by atoms with van der Waals surface area (Å²) in [4.78, 5) is 8.14. The summed E-state index contributed by atoms with van der Waals surface area (Å²) in [6.07, 6.45) is 1.14. The Morgan fingerprint density at radius 2 is 1.95 bits per heavy atom. The largest absolute Gasteiger partial charge is 0.427 e. The molecule has 1 aromatic heterocycles. The number of rotatable bonds is 1. The smallest absolute Gasteiger partial charge is 0.163 e. The van der Waals surface area contributed by atoms with Gasteiger partial charge < -0.3 is 5.21 Å². The molecular weight excluding hydrogens is 300 g/mol. The topological polar surface area (TPSA) is 50.4 Å². The van der Waals surface area contributed by atoms with Crippen LogP contribution >= 0.6 is 11.6 Å². The first-order valence-electron chi connectivity index (χ1n) is 5.90. The summed E-state index contributed by atoms with van der Waals surface area (Å²) in [5.74, 6) is -1.04. The maximum atomic E-state index is 13.4. The van der Waals surface area contributed by atoms with Crippen LogP contribution in [0, 0.1) is 11.6 Å². The van der Waals surface area contributed by atoms with Crippen molar-refractivity contribution in [1.29, 1.82) is 0 Å². The molecule has 3 aromatic rings. The van der Waals surface area contributed by atoms with Crippen LogP contribution in [0.3, 0.4) is 0 Å². The van der Waals surface area contributed by atoms with Gasteiger partial charge in [0, 0.05) is 5.39 Å². The van der Waals surface area contributed by atoms with Gasteiger partial charge in [0.05, 0.1) is 16.2 Å². The molecule has 0 aliphatic carbocycles. The zero-order chi connectivity index (χ0) is 15.0. The van der Waals surface area contributed by atoms with E-state index in [9.17, 15) is 14.0 Å². The second kappa shape index (κ2) is 5.14. The number of benzene rings is 2. The Morgan fingerprint density at radius 1 is 1.14 bits per heavy atom. The van der Waals surface area contributed by atoms with E-state index in [1.807, 2.05) is 0 Å². The van der Waals surface area contributed by atoms with Crippen molar-refractivity contribution in [3.05, 3.63) is 64.9 Å². The molecule has 2 aromatic carbocycles. The van der Waals surface area contributed by atoms with Crippen LogP contribution in [0.2, 0.25) is 5.02 Å². The molecule has 0 bridgehead atoms. The molecule has 0 fully saturated rings. The van der Waals surface area contributed by atoms with Gasteiger partial charge in [-0.15, -0.1) is 0 Å². The summed E-state index contributed by atoms with van der Waals surface area (Å²) in [5, 5.41) is 9.90. The van der Waals surface area contributed by atoms with Crippen molar-refractivity contribution in [2.45, 2.75) is 0 Å². The van der Waals surface area contributed by atoms with Gasteiger partial charge in [-0.1, -0.05) is 11.6 Å². The first-order valence-corrected chi connectivity index (χ1v) is 6.28. The van der Waals surface area contributed by atoms with Gasteiger partial charge >= 0.3 is 0 Å². The number of nitrogens with zero attached hydrogens (tertiary/aromatic N) is 3. The fourth-order valence-electron chi connectivity index (χ4n) is 1.89.